The molecule has 1 aromatic carbocycles. The third-order valence-electron chi connectivity index (χ3n) is 6.49. The summed E-state index contributed by atoms with van der Waals surface area (Å²) >= 11 is 0. The predicted octanol–water partition coefficient (Wildman–Crippen LogP) is 4.64. The molecule has 3 aliphatic carbocycles. The van der Waals surface area contributed by atoms with Gasteiger partial charge in [-0.05, 0) is 85.0 Å². The maximum Gasteiger partial charge on any atom is 0.115 e. The van der Waals surface area contributed by atoms with E-state index in [1.807, 2.05) is 12.1 Å². The smallest absolute Gasteiger partial charge is 0.115 e. The normalized spacial score (nSPS) is 38.4. The summed E-state index contributed by atoms with van der Waals surface area (Å²) in [7, 11) is 0. The molecule has 4 atom stereocenters. The molecule has 20 heavy (non-hydrogen) atoms. The Bertz CT molecular complexity index is 512. The molecule has 1 aromatic rings. The van der Waals surface area contributed by atoms with Gasteiger partial charge in [0, 0.05) is 44.1 Å². The minimum atomic E-state index is 0. The van der Waals surface area contributed by atoms with Crippen LogP contribution >= 0.6 is 0 Å². The monoisotopic (exact) mass is 483 g/mol. The van der Waals surface area contributed by atoms with Crippen molar-refractivity contribution in [3.05, 3.63) is 29.3 Å². The quantitative estimate of drug-likeness (QED) is 0.571. The van der Waals surface area contributed by atoms with Gasteiger partial charge >= 0.3 is 0 Å². The third-order valence-corrected chi connectivity index (χ3v) is 6.49. The van der Waals surface area contributed by atoms with Gasteiger partial charge in [-0.1, -0.05) is 19.4 Å². The number of aromatic hydroxyl groups is 1. The van der Waals surface area contributed by atoms with Crippen LogP contribution in [0, 0.1) is 61.3 Å². The zero-order valence-electron chi connectivity index (χ0n) is 12.4. The van der Waals surface area contributed by atoms with Gasteiger partial charge in [-0.3, -0.25) is 0 Å². The molecule has 1 radical (unpaired) electrons. The number of hydrogen-bond donors (Lipinski definition) is 1. The van der Waals surface area contributed by atoms with Crippen molar-refractivity contribution >= 4 is 0 Å². The Kier molecular flexibility index (Phi) is 4.29. The molecule has 0 bridgehead atoms. The fraction of sp³-hybridized carbons (Fsp3) is 0.667. The van der Waals surface area contributed by atoms with E-state index in [1.165, 1.54) is 50.5 Å². The maximum atomic E-state index is 9.68. The van der Waals surface area contributed by atoms with Crippen LogP contribution in [0.3, 0.4) is 0 Å². The molecule has 3 aliphatic rings. The van der Waals surface area contributed by atoms with Gasteiger partial charge in [0.25, 0.3) is 0 Å². The van der Waals surface area contributed by atoms with Crippen molar-refractivity contribution in [2.45, 2.75) is 57.8 Å². The van der Waals surface area contributed by atoms with Crippen LogP contribution in [0.1, 0.15) is 62.5 Å². The van der Waals surface area contributed by atoms with Gasteiger partial charge in [-0.15, -0.1) is 0 Å². The van der Waals surface area contributed by atoms with E-state index >= 15 is 0 Å². The molecule has 0 heterocycles. The van der Waals surface area contributed by atoms with Crippen molar-refractivity contribution in [3.8, 4) is 5.75 Å². The second kappa shape index (κ2) is 5.59. The van der Waals surface area contributed by atoms with Crippen molar-refractivity contribution in [1.29, 1.82) is 0 Å². The first-order valence-corrected chi connectivity index (χ1v) is 7.99. The fourth-order valence-electron chi connectivity index (χ4n) is 5.56. The van der Waals surface area contributed by atoms with Gasteiger partial charge in [0.2, 0.25) is 0 Å². The van der Waals surface area contributed by atoms with Gasteiger partial charge in [0.05, 0.1) is 0 Å². The molecule has 0 aliphatic heterocycles. The average molecular weight is 483 g/mol. The Labute approximate surface area is 158 Å². The molecule has 0 aromatic heterocycles. The zero-order valence-corrected chi connectivity index (χ0v) is 17.2. The van der Waals surface area contributed by atoms with Gasteiger partial charge in [-0.2, -0.15) is 0 Å². The Morgan fingerprint density at radius 2 is 2.00 bits per heavy atom. The van der Waals surface area contributed by atoms with Crippen molar-refractivity contribution in [1.82, 2.24) is 0 Å². The summed E-state index contributed by atoms with van der Waals surface area (Å²) in [6, 6.07) is 6.11. The third kappa shape index (κ3) is 2.30. The van der Waals surface area contributed by atoms with Crippen molar-refractivity contribution < 1.29 is 49.2 Å². The first-order chi connectivity index (χ1) is 9.17. The second-order valence-corrected chi connectivity index (χ2v) is 7.38. The SMILES string of the molecule is CC12CCCC1C1CCc3cc(O)ccc3C1CC2.[Ac]. The molecule has 2 saturated carbocycles. The van der Waals surface area contributed by atoms with Crippen LogP contribution in [0.25, 0.3) is 0 Å². The molecular weight excluding hydrogens is 459 g/mol. The molecule has 4 unspecified atom stereocenters. The number of phenols is 1. The van der Waals surface area contributed by atoms with Crippen LogP contribution in [0.4, 0.5) is 0 Å². The van der Waals surface area contributed by atoms with Crippen LogP contribution in [-0.2, 0) is 6.42 Å². The molecule has 1 nitrogen and oxygen atoms in total. The second-order valence-electron chi connectivity index (χ2n) is 7.38. The number of aryl methyl sites for hydroxylation is 1. The summed E-state index contributed by atoms with van der Waals surface area (Å²) < 4.78 is 0. The Morgan fingerprint density at radius 1 is 1.15 bits per heavy atom. The number of fused-ring (bicyclic) bond motifs is 5. The van der Waals surface area contributed by atoms with Crippen molar-refractivity contribution in [2.75, 3.05) is 0 Å². The van der Waals surface area contributed by atoms with E-state index in [0.717, 1.165) is 17.8 Å². The summed E-state index contributed by atoms with van der Waals surface area (Å²) in [5.41, 5.74) is 3.63. The van der Waals surface area contributed by atoms with Crippen molar-refractivity contribution in [3.63, 3.8) is 0 Å². The molecule has 2 fully saturated rings. The standard InChI is InChI=1S/C18H24O.Ac/c1-18-9-2-3-17(18)16-6-4-12-11-13(19)5-7-14(12)15(16)8-10-18;/h5,7,11,15-17,19H,2-4,6,8-10H2,1H3;. The van der Waals surface area contributed by atoms with E-state index < -0.39 is 0 Å². The zero-order chi connectivity index (χ0) is 13.0. The molecule has 1 N–H and O–H groups in total. The molecule has 0 spiro atoms. The van der Waals surface area contributed by atoms with Gasteiger partial charge in [-0.25, -0.2) is 0 Å². The molecule has 4 rings (SSSR count). The summed E-state index contributed by atoms with van der Waals surface area (Å²) in [5.74, 6) is 3.10. The molecule has 105 valence electrons. The van der Waals surface area contributed by atoms with Gasteiger partial charge in [0.15, 0.2) is 0 Å². The largest absolute Gasteiger partial charge is 0.508 e. The maximum absolute atomic E-state index is 9.68. The molecule has 0 saturated heterocycles. The molecule has 2 heteroatoms. The molecular formula is C18H24AcO. The van der Waals surface area contributed by atoms with Crippen LogP contribution in [0.2, 0.25) is 0 Å². The van der Waals surface area contributed by atoms with Crippen LogP contribution in [0.15, 0.2) is 18.2 Å². The van der Waals surface area contributed by atoms with E-state index in [-0.39, 0.29) is 44.1 Å². The Balaban J connectivity index is 0.00000121. The topological polar surface area (TPSA) is 20.2 Å². The Hall–Kier alpha value is 0.462. The number of phenolic OH excluding ortho intramolecular Hbond substituents is 1. The minimum Gasteiger partial charge on any atom is -0.508 e. The van der Waals surface area contributed by atoms with E-state index in [4.69, 9.17) is 0 Å². The van der Waals surface area contributed by atoms with Crippen LogP contribution in [-0.4, -0.2) is 5.11 Å². The number of benzene rings is 1. The summed E-state index contributed by atoms with van der Waals surface area (Å²) in [6.07, 6.45) is 9.69. The first-order valence-electron chi connectivity index (χ1n) is 7.99. The fourth-order valence-corrected chi connectivity index (χ4v) is 5.56. The van der Waals surface area contributed by atoms with E-state index in [1.54, 1.807) is 5.56 Å². The minimum absolute atomic E-state index is 0. The average Bonchev–Trinajstić information content (AvgIpc) is 2.79. The molecule has 0 amide bonds. The van der Waals surface area contributed by atoms with E-state index in [9.17, 15) is 5.11 Å². The van der Waals surface area contributed by atoms with Gasteiger partial charge < -0.3 is 5.11 Å². The van der Waals surface area contributed by atoms with Crippen LogP contribution < -0.4 is 0 Å². The van der Waals surface area contributed by atoms with Gasteiger partial charge in [0.1, 0.15) is 5.75 Å². The summed E-state index contributed by atoms with van der Waals surface area (Å²) in [4.78, 5) is 0. The van der Waals surface area contributed by atoms with E-state index in [0.29, 0.717) is 11.2 Å². The Morgan fingerprint density at radius 3 is 2.85 bits per heavy atom. The van der Waals surface area contributed by atoms with Crippen LogP contribution in [0.5, 0.6) is 5.75 Å². The number of rotatable bonds is 0. The van der Waals surface area contributed by atoms with Crippen molar-refractivity contribution in [2.24, 2.45) is 17.3 Å². The van der Waals surface area contributed by atoms with E-state index in [2.05, 4.69) is 13.0 Å². The summed E-state index contributed by atoms with van der Waals surface area (Å²) in [5, 5.41) is 9.68. The first kappa shape index (κ1) is 15.4. The number of hydrogen-bond acceptors (Lipinski definition) is 1. The summed E-state index contributed by atoms with van der Waals surface area (Å²) in [6.45, 7) is 2.55. The predicted molar refractivity (Wildman–Crippen MR) is 77.3 cm³/mol.